The molecule has 0 atom stereocenters. The highest BCUT2D eigenvalue weighted by Gasteiger charge is 2.35. The topological polar surface area (TPSA) is 115 Å². The van der Waals surface area contributed by atoms with Crippen molar-refractivity contribution < 1.29 is 18.3 Å². The maximum absolute atomic E-state index is 13.0. The van der Waals surface area contributed by atoms with Gasteiger partial charge in [0.05, 0.1) is 22.7 Å². The van der Waals surface area contributed by atoms with Crippen molar-refractivity contribution in [3.05, 3.63) is 70.9 Å². The summed E-state index contributed by atoms with van der Waals surface area (Å²) >= 11 is 0. The highest BCUT2D eigenvalue weighted by molar-refractivity contribution is 7.89. The molecule has 9 heteroatoms. The van der Waals surface area contributed by atoms with Gasteiger partial charge in [0.1, 0.15) is 5.75 Å². The number of rotatable bonds is 4. The van der Waals surface area contributed by atoms with Gasteiger partial charge in [-0.05, 0) is 30.7 Å². The minimum atomic E-state index is -3.68. The summed E-state index contributed by atoms with van der Waals surface area (Å²) in [5.41, 5.74) is 2.02. The van der Waals surface area contributed by atoms with Gasteiger partial charge in [-0.1, -0.05) is 30.3 Å². The zero-order valence-electron chi connectivity index (χ0n) is 15.0. The Morgan fingerprint density at radius 1 is 1.14 bits per heavy atom. The molecule has 1 aliphatic rings. The molecule has 0 unspecified atom stereocenters. The molecular formula is C19H18N4O4S. The second-order valence-corrected chi connectivity index (χ2v) is 8.45. The zero-order chi connectivity index (χ0) is 19.9. The number of hydrogen-bond donors (Lipinski definition) is 3. The Balaban J connectivity index is 1.58. The number of carbonyl (C=O) groups is 1. The van der Waals surface area contributed by atoms with Crippen LogP contribution in [0.25, 0.3) is 0 Å². The van der Waals surface area contributed by atoms with Crippen LogP contribution >= 0.6 is 0 Å². The minimum Gasteiger partial charge on any atom is -0.507 e. The van der Waals surface area contributed by atoms with Crippen LogP contribution in [0.5, 0.6) is 5.75 Å². The number of hydrogen-bond acceptors (Lipinski definition) is 5. The van der Waals surface area contributed by atoms with Gasteiger partial charge in [0.2, 0.25) is 10.0 Å². The molecule has 3 N–H and O–H groups in total. The van der Waals surface area contributed by atoms with Crippen LogP contribution in [0.2, 0.25) is 0 Å². The molecule has 0 saturated carbocycles. The summed E-state index contributed by atoms with van der Waals surface area (Å²) in [7, 11) is -3.68. The highest BCUT2D eigenvalue weighted by atomic mass is 32.2. The summed E-state index contributed by atoms with van der Waals surface area (Å²) in [6.07, 6.45) is 0. The summed E-state index contributed by atoms with van der Waals surface area (Å²) in [5.74, 6) is -0.408. The van der Waals surface area contributed by atoms with Gasteiger partial charge in [-0.3, -0.25) is 9.89 Å². The number of aromatic amines is 1. The molecule has 2 heterocycles. The van der Waals surface area contributed by atoms with Crippen molar-refractivity contribution in [2.45, 2.75) is 24.9 Å². The van der Waals surface area contributed by atoms with Crippen molar-refractivity contribution in [3.8, 4) is 5.75 Å². The molecular weight excluding hydrogens is 380 g/mol. The molecule has 28 heavy (non-hydrogen) atoms. The van der Waals surface area contributed by atoms with Gasteiger partial charge in [-0.2, -0.15) is 9.40 Å². The van der Waals surface area contributed by atoms with Gasteiger partial charge >= 0.3 is 0 Å². The monoisotopic (exact) mass is 398 g/mol. The standard InChI is InChI=1S/C19H18N4O4S/c1-12-6-2-5-9-17(12)28(26,27)23-10-14-15(11-23)21-22-18(14)20-19(25)13-7-3-4-8-16(13)24/h2-9,24H,10-11H2,1H3,(H2,20,21,22,25). The van der Waals surface area contributed by atoms with E-state index in [-0.39, 0.29) is 35.1 Å². The van der Waals surface area contributed by atoms with Crippen LogP contribution in [-0.2, 0) is 23.1 Å². The normalized spacial score (nSPS) is 14.0. The molecule has 0 radical (unpaired) electrons. The van der Waals surface area contributed by atoms with Crippen LogP contribution in [0.4, 0.5) is 5.82 Å². The van der Waals surface area contributed by atoms with Crippen LogP contribution in [0.15, 0.2) is 53.4 Å². The molecule has 1 amide bonds. The quantitative estimate of drug-likeness (QED) is 0.624. The molecule has 0 aliphatic carbocycles. The number of aromatic nitrogens is 2. The molecule has 0 bridgehead atoms. The van der Waals surface area contributed by atoms with E-state index in [0.717, 1.165) is 0 Å². The number of phenols is 1. The molecule has 3 aromatic rings. The van der Waals surface area contributed by atoms with Gasteiger partial charge in [-0.15, -0.1) is 0 Å². The molecule has 1 aromatic heterocycles. The van der Waals surface area contributed by atoms with Crippen LogP contribution in [0.1, 0.15) is 27.2 Å². The Hall–Kier alpha value is -3.17. The number of sulfonamides is 1. The Morgan fingerprint density at radius 3 is 2.61 bits per heavy atom. The number of carbonyl (C=O) groups excluding carboxylic acids is 1. The Labute approximate surface area is 161 Å². The zero-order valence-corrected chi connectivity index (χ0v) is 15.8. The first-order valence-corrected chi connectivity index (χ1v) is 10.0. The van der Waals surface area contributed by atoms with Crippen molar-refractivity contribution >= 4 is 21.7 Å². The van der Waals surface area contributed by atoms with E-state index < -0.39 is 15.9 Å². The molecule has 4 rings (SSSR count). The molecule has 0 fully saturated rings. The Morgan fingerprint density at radius 2 is 1.86 bits per heavy atom. The number of benzene rings is 2. The number of nitrogens with zero attached hydrogens (tertiary/aromatic N) is 2. The molecule has 144 valence electrons. The van der Waals surface area contributed by atoms with Crippen LogP contribution < -0.4 is 5.32 Å². The summed E-state index contributed by atoms with van der Waals surface area (Å²) in [5, 5.41) is 19.3. The number of amides is 1. The van der Waals surface area contributed by atoms with E-state index in [1.807, 2.05) is 0 Å². The lowest BCUT2D eigenvalue weighted by molar-refractivity contribution is 0.102. The lowest BCUT2D eigenvalue weighted by atomic mass is 10.2. The van der Waals surface area contributed by atoms with Gasteiger partial charge in [0.25, 0.3) is 5.91 Å². The Bertz CT molecular complexity index is 1170. The third kappa shape index (κ3) is 3.04. The van der Waals surface area contributed by atoms with Crippen molar-refractivity contribution in [1.82, 2.24) is 14.5 Å². The van der Waals surface area contributed by atoms with E-state index in [9.17, 15) is 18.3 Å². The smallest absolute Gasteiger partial charge is 0.260 e. The Kier molecular flexibility index (Phi) is 4.40. The molecule has 0 saturated heterocycles. The lowest BCUT2D eigenvalue weighted by Crippen LogP contribution is -2.27. The molecule has 2 aromatic carbocycles. The number of anilines is 1. The van der Waals surface area contributed by atoms with Crippen LogP contribution in [-0.4, -0.2) is 33.9 Å². The van der Waals surface area contributed by atoms with Crippen LogP contribution in [0, 0.1) is 6.92 Å². The number of aromatic hydroxyl groups is 1. The maximum atomic E-state index is 13.0. The minimum absolute atomic E-state index is 0.0961. The molecule has 1 aliphatic heterocycles. The van der Waals surface area contributed by atoms with E-state index in [1.165, 1.54) is 16.4 Å². The number of aryl methyl sites for hydroxylation is 1. The van der Waals surface area contributed by atoms with E-state index in [1.54, 1.807) is 43.3 Å². The number of para-hydroxylation sites is 1. The number of nitrogens with one attached hydrogen (secondary N) is 2. The number of fused-ring (bicyclic) bond motifs is 1. The fourth-order valence-electron chi connectivity index (χ4n) is 3.21. The molecule has 0 spiro atoms. The largest absolute Gasteiger partial charge is 0.507 e. The van der Waals surface area contributed by atoms with Crippen LogP contribution in [0.3, 0.4) is 0 Å². The summed E-state index contributed by atoms with van der Waals surface area (Å²) in [6.45, 7) is 1.99. The van der Waals surface area contributed by atoms with Crippen molar-refractivity contribution in [1.29, 1.82) is 0 Å². The second kappa shape index (κ2) is 6.77. The number of H-pyrrole nitrogens is 1. The lowest BCUT2D eigenvalue weighted by Gasteiger charge is -2.17. The van der Waals surface area contributed by atoms with Gasteiger partial charge < -0.3 is 10.4 Å². The first-order chi connectivity index (χ1) is 13.4. The van der Waals surface area contributed by atoms with Crippen molar-refractivity contribution in [2.24, 2.45) is 0 Å². The molecule has 8 nitrogen and oxygen atoms in total. The first-order valence-electron chi connectivity index (χ1n) is 8.59. The van der Waals surface area contributed by atoms with E-state index >= 15 is 0 Å². The average Bonchev–Trinajstić information content (AvgIpc) is 3.25. The van der Waals surface area contributed by atoms with E-state index in [4.69, 9.17) is 0 Å². The fourth-order valence-corrected chi connectivity index (χ4v) is 4.81. The average molecular weight is 398 g/mol. The predicted molar refractivity (Wildman–Crippen MR) is 102 cm³/mol. The number of phenolic OH excluding ortho intramolecular Hbond substituents is 1. The van der Waals surface area contributed by atoms with Gasteiger partial charge in [0, 0.05) is 12.1 Å². The first kappa shape index (κ1) is 18.2. The summed E-state index contributed by atoms with van der Waals surface area (Å²) in [4.78, 5) is 12.7. The third-order valence-corrected chi connectivity index (χ3v) is 6.67. The summed E-state index contributed by atoms with van der Waals surface area (Å²) < 4.78 is 27.3. The van der Waals surface area contributed by atoms with Gasteiger partial charge in [0.15, 0.2) is 5.82 Å². The van der Waals surface area contributed by atoms with Crippen molar-refractivity contribution in [3.63, 3.8) is 0 Å². The third-order valence-electron chi connectivity index (χ3n) is 4.71. The SMILES string of the molecule is Cc1ccccc1S(=O)(=O)N1Cc2[nH]nc(NC(=O)c3ccccc3O)c2C1. The fraction of sp³-hybridized carbons (Fsp3) is 0.158. The van der Waals surface area contributed by atoms with Gasteiger partial charge in [-0.25, -0.2) is 8.42 Å². The predicted octanol–water partition coefficient (Wildman–Crippen LogP) is 2.38. The second-order valence-electron chi connectivity index (χ2n) is 6.54. The van der Waals surface area contributed by atoms with E-state index in [2.05, 4.69) is 15.5 Å². The highest BCUT2D eigenvalue weighted by Crippen LogP contribution is 2.32. The van der Waals surface area contributed by atoms with Crippen molar-refractivity contribution in [2.75, 3.05) is 5.32 Å². The summed E-state index contributed by atoms with van der Waals surface area (Å²) in [6, 6.07) is 13.0. The van der Waals surface area contributed by atoms with E-state index in [0.29, 0.717) is 16.8 Å². The maximum Gasteiger partial charge on any atom is 0.260 e.